The third kappa shape index (κ3) is 6.49. The molecule has 2 rings (SSSR count). The first-order valence-electron chi connectivity index (χ1n) is 9.11. The number of anilines is 1. The van der Waals surface area contributed by atoms with Gasteiger partial charge in [-0.05, 0) is 41.8 Å². The molecule has 28 heavy (non-hydrogen) atoms. The molecule has 0 saturated carbocycles. The molecule has 2 aromatic rings. The zero-order valence-electron chi connectivity index (χ0n) is 16.6. The highest BCUT2D eigenvalue weighted by atomic mass is 19.3. The van der Waals surface area contributed by atoms with Crippen LogP contribution in [0.25, 0.3) is 0 Å². The highest BCUT2D eigenvalue weighted by Crippen LogP contribution is 2.29. The van der Waals surface area contributed by atoms with Crippen molar-refractivity contribution < 1.29 is 27.9 Å². The van der Waals surface area contributed by atoms with Crippen LogP contribution in [0.1, 0.15) is 30.9 Å². The van der Waals surface area contributed by atoms with Crippen LogP contribution in [0, 0.1) is 0 Å². The summed E-state index contributed by atoms with van der Waals surface area (Å²) in [6.45, 7) is 2.13. The maximum Gasteiger partial charge on any atom is 0.387 e. The predicted molar refractivity (Wildman–Crippen MR) is 104 cm³/mol. The molecular formula is C21H27F2N2O3+. The average molecular weight is 393 g/mol. The molecule has 2 aromatic carbocycles. The Kier molecular flexibility index (Phi) is 7.75. The van der Waals surface area contributed by atoms with Crippen molar-refractivity contribution >= 4 is 11.6 Å². The molecule has 0 aliphatic heterocycles. The van der Waals surface area contributed by atoms with Gasteiger partial charge >= 0.3 is 6.61 Å². The summed E-state index contributed by atoms with van der Waals surface area (Å²) in [4.78, 5) is 13.2. The van der Waals surface area contributed by atoms with Crippen LogP contribution in [0.15, 0.2) is 42.5 Å². The van der Waals surface area contributed by atoms with Gasteiger partial charge in [0.05, 0.1) is 14.2 Å². The van der Waals surface area contributed by atoms with E-state index in [2.05, 4.69) is 23.9 Å². The van der Waals surface area contributed by atoms with E-state index in [1.807, 2.05) is 31.3 Å². The van der Waals surface area contributed by atoms with Gasteiger partial charge in [-0.15, -0.1) is 0 Å². The van der Waals surface area contributed by atoms with Gasteiger partial charge in [0.1, 0.15) is 6.54 Å². The number of quaternary nitrogens is 1. The Morgan fingerprint density at radius 2 is 1.79 bits per heavy atom. The monoisotopic (exact) mass is 393 g/mol. The first-order chi connectivity index (χ1) is 13.3. The van der Waals surface area contributed by atoms with Crippen molar-refractivity contribution in [2.75, 3.05) is 26.0 Å². The van der Waals surface area contributed by atoms with E-state index < -0.39 is 6.61 Å². The summed E-state index contributed by atoms with van der Waals surface area (Å²) in [5.74, 6) is 0.566. The summed E-state index contributed by atoms with van der Waals surface area (Å²) in [6, 6.07) is 12.6. The van der Waals surface area contributed by atoms with Crippen molar-refractivity contribution in [3.8, 4) is 11.5 Å². The molecule has 2 N–H and O–H groups in total. The number of ether oxygens (including phenoxy) is 2. The normalized spacial score (nSPS) is 12.1. The topological polar surface area (TPSA) is 52.0 Å². The van der Waals surface area contributed by atoms with Crippen LogP contribution in [0.3, 0.4) is 0 Å². The second-order valence-corrected chi connectivity index (χ2v) is 7.00. The highest BCUT2D eigenvalue weighted by molar-refractivity contribution is 5.91. The zero-order valence-corrected chi connectivity index (χ0v) is 16.6. The maximum atomic E-state index is 12.4. The van der Waals surface area contributed by atoms with Crippen molar-refractivity contribution in [3.63, 3.8) is 0 Å². The fourth-order valence-electron chi connectivity index (χ4n) is 2.86. The summed E-state index contributed by atoms with van der Waals surface area (Å²) in [6.07, 6.45) is 0. The fourth-order valence-corrected chi connectivity index (χ4v) is 2.86. The van der Waals surface area contributed by atoms with Gasteiger partial charge in [-0.1, -0.05) is 26.0 Å². The Morgan fingerprint density at radius 1 is 1.11 bits per heavy atom. The lowest BCUT2D eigenvalue weighted by molar-refractivity contribution is -0.885. The number of hydrogen-bond acceptors (Lipinski definition) is 3. The molecule has 0 spiro atoms. The number of hydrogen-bond donors (Lipinski definition) is 2. The molecule has 1 atom stereocenters. The average Bonchev–Trinajstić information content (AvgIpc) is 2.62. The van der Waals surface area contributed by atoms with E-state index in [-0.39, 0.29) is 24.0 Å². The van der Waals surface area contributed by atoms with Gasteiger partial charge in [0.15, 0.2) is 18.0 Å². The Morgan fingerprint density at radius 3 is 2.36 bits per heavy atom. The van der Waals surface area contributed by atoms with Crippen LogP contribution in [0.2, 0.25) is 0 Å². The SMILES string of the molecule is COc1cc(C[NH+](C)CC(=O)Nc2ccc(C(C)C)cc2)ccc1OC(F)F. The van der Waals surface area contributed by atoms with Crippen LogP contribution in [-0.2, 0) is 11.3 Å². The number of benzene rings is 2. The minimum atomic E-state index is -2.91. The van der Waals surface area contributed by atoms with Gasteiger partial charge in [0.25, 0.3) is 5.91 Å². The summed E-state index contributed by atoms with van der Waals surface area (Å²) < 4.78 is 34.3. The minimum absolute atomic E-state index is 0.0125. The van der Waals surface area contributed by atoms with Crippen LogP contribution in [0.5, 0.6) is 11.5 Å². The molecule has 7 heteroatoms. The minimum Gasteiger partial charge on any atom is -0.493 e. The van der Waals surface area contributed by atoms with Gasteiger partial charge < -0.3 is 19.7 Å². The number of carbonyl (C=O) groups excluding carboxylic acids is 1. The molecule has 0 fully saturated rings. The van der Waals surface area contributed by atoms with E-state index in [1.165, 1.54) is 18.7 Å². The lowest BCUT2D eigenvalue weighted by atomic mass is 10.0. The summed E-state index contributed by atoms with van der Waals surface area (Å²) in [7, 11) is 3.28. The molecule has 0 aromatic heterocycles. The van der Waals surface area contributed by atoms with Gasteiger partial charge in [-0.3, -0.25) is 4.79 Å². The third-order valence-electron chi connectivity index (χ3n) is 4.27. The molecule has 1 unspecified atom stereocenters. The van der Waals surface area contributed by atoms with E-state index in [1.54, 1.807) is 12.1 Å². The number of nitrogens with one attached hydrogen (secondary N) is 2. The summed E-state index contributed by atoms with van der Waals surface area (Å²) >= 11 is 0. The molecule has 0 bridgehead atoms. The van der Waals surface area contributed by atoms with E-state index in [0.717, 1.165) is 16.2 Å². The van der Waals surface area contributed by atoms with Crippen LogP contribution in [0.4, 0.5) is 14.5 Å². The number of amides is 1. The second-order valence-electron chi connectivity index (χ2n) is 7.00. The van der Waals surface area contributed by atoms with E-state index >= 15 is 0 Å². The van der Waals surface area contributed by atoms with Crippen molar-refractivity contribution in [2.45, 2.75) is 32.9 Å². The van der Waals surface area contributed by atoms with Gasteiger partial charge in [-0.25, -0.2) is 0 Å². The quantitative estimate of drug-likeness (QED) is 0.689. The molecular weight excluding hydrogens is 366 g/mol. The van der Waals surface area contributed by atoms with E-state index in [9.17, 15) is 13.6 Å². The first-order valence-corrected chi connectivity index (χ1v) is 9.11. The maximum absolute atomic E-state index is 12.4. The van der Waals surface area contributed by atoms with Crippen molar-refractivity contribution in [1.29, 1.82) is 0 Å². The number of methoxy groups -OCH3 is 1. The Hall–Kier alpha value is -2.67. The number of halogens is 2. The van der Waals surface area contributed by atoms with Gasteiger partial charge in [0.2, 0.25) is 0 Å². The second kappa shape index (κ2) is 10.0. The number of likely N-dealkylation sites (N-methyl/N-ethyl adjacent to an activating group) is 1. The fraction of sp³-hybridized carbons (Fsp3) is 0.381. The predicted octanol–water partition coefficient (Wildman–Crippen LogP) is 3.07. The first kappa shape index (κ1) is 21.6. The number of alkyl halides is 2. The smallest absolute Gasteiger partial charge is 0.387 e. The lowest BCUT2D eigenvalue weighted by Gasteiger charge is -2.16. The standard InChI is InChI=1S/C21H26F2N2O3/c1-14(2)16-6-8-17(9-7-16)24-20(26)13-25(3)12-15-5-10-18(28-21(22)23)19(11-15)27-4/h5-11,14,21H,12-13H2,1-4H3,(H,24,26)/p+1. The molecule has 0 saturated heterocycles. The van der Waals surface area contributed by atoms with E-state index in [4.69, 9.17) is 4.74 Å². The van der Waals surface area contributed by atoms with Crippen LogP contribution >= 0.6 is 0 Å². The summed E-state index contributed by atoms with van der Waals surface area (Å²) in [5, 5.41) is 2.89. The molecule has 5 nitrogen and oxygen atoms in total. The Balaban J connectivity index is 1.92. The Labute approximate surface area is 164 Å². The largest absolute Gasteiger partial charge is 0.493 e. The molecule has 0 aliphatic carbocycles. The lowest BCUT2D eigenvalue weighted by Crippen LogP contribution is -3.08. The van der Waals surface area contributed by atoms with Gasteiger partial charge in [0, 0.05) is 11.3 Å². The zero-order chi connectivity index (χ0) is 20.7. The van der Waals surface area contributed by atoms with Gasteiger partial charge in [-0.2, -0.15) is 8.78 Å². The van der Waals surface area contributed by atoms with Crippen LogP contribution in [-0.4, -0.2) is 33.2 Å². The molecule has 0 heterocycles. The number of carbonyl (C=O) groups is 1. The molecule has 1 amide bonds. The van der Waals surface area contributed by atoms with Crippen molar-refractivity contribution in [1.82, 2.24) is 0 Å². The van der Waals surface area contributed by atoms with Crippen molar-refractivity contribution in [2.24, 2.45) is 0 Å². The molecule has 152 valence electrons. The third-order valence-corrected chi connectivity index (χ3v) is 4.27. The summed E-state index contributed by atoms with van der Waals surface area (Å²) in [5.41, 5.74) is 2.83. The highest BCUT2D eigenvalue weighted by Gasteiger charge is 2.15. The van der Waals surface area contributed by atoms with E-state index in [0.29, 0.717) is 12.5 Å². The molecule has 0 radical (unpaired) electrons. The number of rotatable bonds is 9. The van der Waals surface area contributed by atoms with Crippen molar-refractivity contribution in [3.05, 3.63) is 53.6 Å². The Bertz CT molecular complexity index is 780. The van der Waals surface area contributed by atoms with Crippen LogP contribution < -0.4 is 19.7 Å². The molecule has 0 aliphatic rings.